The van der Waals surface area contributed by atoms with Gasteiger partial charge in [-0.2, -0.15) is 0 Å². The van der Waals surface area contributed by atoms with Gasteiger partial charge in [-0.05, 0) is 43.4 Å². The minimum atomic E-state index is -2.84. The fourth-order valence-electron chi connectivity index (χ4n) is 3.46. The molecule has 0 saturated heterocycles. The Kier molecular flexibility index (Phi) is 5.23. The molecule has 0 aromatic heterocycles. The highest BCUT2D eigenvalue weighted by molar-refractivity contribution is 5.72. The van der Waals surface area contributed by atoms with E-state index in [1.807, 2.05) is 6.92 Å². The normalized spacial score (nSPS) is 32.2. The minimum absolute atomic E-state index is 0.260. The Bertz CT molecular complexity index is 375. The van der Waals surface area contributed by atoms with Gasteiger partial charge in [-0.3, -0.25) is 4.79 Å². The predicted molar refractivity (Wildman–Crippen MR) is 74.8 cm³/mol. The number of halogens is 2. The van der Waals surface area contributed by atoms with Crippen LogP contribution in [0.15, 0.2) is 0 Å². The summed E-state index contributed by atoms with van der Waals surface area (Å²) in [6, 6.07) is 0. The predicted octanol–water partition coefficient (Wildman–Crippen LogP) is 4.01. The average Bonchev–Trinajstić information content (AvgIpc) is 3.06. The SMILES string of the molecule is CCC(C)C(=O)OC(C)(OCC1CC2CCC1C2)C(F)F. The number of hydrogen-bond donors (Lipinski definition) is 0. The Labute approximate surface area is 125 Å². The van der Waals surface area contributed by atoms with Gasteiger partial charge in [0.1, 0.15) is 0 Å². The molecular formula is C16H26F2O3. The first kappa shape index (κ1) is 16.7. The number of alkyl halides is 2. The molecule has 5 heteroatoms. The van der Waals surface area contributed by atoms with Crippen molar-refractivity contribution in [3.63, 3.8) is 0 Å². The molecule has 0 aromatic carbocycles. The van der Waals surface area contributed by atoms with Crippen LogP contribution in [0.4, 0.5) is 8.78 Å². The van der Waals surface area contributed by atoms with Gasteiger partial charge in [0, 0.05) is 6.92 Å². The third-order valence-corrected chi connectivity index (χ3v) is 5.18. The van der Waals surface area contributed by atoms with Crippen molar-refractivity contribution < 1.29 is 23.0 Å². The molecule has 5 atom stereocenters. The first-order chi connectivity index (χ1) is 9.85. The number of ether oxygens (including phenoxy) is 2. The summed E-state index contributed by atoms with van der Waals surface area (Å²) in [5, 5.41) is 0. The topological polar surface area (TPSA) is 35.5 Å². The Hall–Kier alpha value is -0.710. The zero-order valence-corrected chi connectivity index (χ0v) is 13.1. The Morgan fingerprint density at radius 1 is 1.33 bits per heavy atom. The quantitative estimate of drug-likeness (QED) is 0.526. The molecule has 2 bridgehead atoms. The Morgan fingerprint density at radius 3 is 2.52 bits per heavy atom. The Morgan fingerprint density at radius 2 is 2.05 bits per heavy atom. The second-order valence-corrected chi connectivity index (χ2v) is 6.79. The molecule has 0 amide bonds. The second kappa shape index (κ2) is 6.59. The number of fused-ring (bicyclic) bond motifs is 2. The van der Waals surface area contributed by atoms with Gasteiger partial charge >= 0.3 is 12.4 Å². The lowest BCUT2D eigenvalue weighted by Gasteiger charge is -2.32. The summed E-state index contributed by atoms with van der Waals surface area (Å²) in [4.78, 5) is 11.8. The van der Waals surface area contributed by atoms with Crippen molar-refractivity contribution >= 4 is 5.97 Å². The number of hydrogen-bond acceptors (Lipinski definition) is 3. The van der Waals surface area contributed by atoms with Crippen molar-refractivity contribution in [2.75, 3.05) is 6.61 Å². The molecule has 0 N–H and O–H groups in total. The molecule has 2 rings (SSSR count). The van der Waals surface area contributed by atoms with Crippen molar-refractivity contribution in [1.29, 1.82) is 0 Å². The molecule has 0 radical (unpaired) electrons. The molecule has 5 unspecified atom stereocenters. The van der Waals surface area contributed by atoms with Gasteiger partial charge in [-0.25, -0.2) is 8.78 Å². The van der Waals surface area contributed by atoms with Gasteiger partial charge in [-0.1, -0.05) is 20.3 Å². The maximum atomic E-state index is 13.3. The van der Waals surface area contributed by atoms with Crippen LogP contribution in [0.1, 0.15) is 52.9 Å². The monoisotopic (exact) mass is 304 g/mol. The fourth-order valence-corrected chi connectivity index (χ4v) is 3.46. The van der Waals surface area contributed by atoms with E-state index in [-0.39, 0.29) is 6.61 Å². The van der Waals surface area contributed by atoms with Gasteiger partial charge in [-0.15, -0.1) is 0 Å². The van der Waals surface area contributed by atoms with Crippen molar-refractivity contribution in [3.05, 3.63) is 0 Å². The average molecular weight is 304 g/mol. The second-order valence-electron chi connectivity index (χ2n) is 6.79. The highest BCUT2D eigenvalue weighted by atomic mass is 19.3. The van der Waals surface area contributed by atoms with E-state index in [0.717, 1.165) is 12.3 Å². The molecule has 3 nitrogen and oxygen atoms in total. The highest BCUT2D eigenvalue weighted by Crippen LogP contribution is 2.48. The van der Waals surface area contributed by atoms with Gasteiger partial charge in [0.25, 0.3) is 5.79 Å². The molecule has 122 valence electrons. The summed E-state index contributed by atoms with van der Waals surface area (Å²) in [5.41, 5.74) is 0. The van der Waals surface area contributed by atoms with Crippen LogP contribution in [0, 0.1) is 23.7 Å². The molecule has 0 spiro atoms. The molecule has 0 aliphatic heterocycles. The van der Waals surface area contributed by atoms with Gasteiger partial charge < -0.3 is 9.47 Å². The van der Waals surface area contributed by atoms with E-state index in [2.05, 4.69) is 0 Å². The first-order valence-corrected chi connectivity index (χ1v) is 8.00. The van der Waals surface area contributed by atoms with Crippen molar-refractivity contribution in [2.45, 2.75) is 65.1 Å². The molecule has 0 aromatic rings. The number of carbonyl (C=O) groups is 1. The number of rotatable bonds is 7. The third kappa shape index (κ3) is 3.74. The summed E-state index contributed by atoms with van der Waals surface area (Å²) in [5.74, 6) is -1.46. The van der Waals surface area contributed by atoms with E-state index in [4.69, 9.17) is 9.47 Å². The molecule has 2 saturated carbocycles. The van der Waals surface area contributed by atoms with E-state index in [1.54, 1.807) is 6.92 Å². The van der Waals surface area contributed by atoms with Crippen LogP contribution in [-0.4, -0.2) is 24.8 Å². The van der Waals surface area contributed by atoms with Gasteiger partial charge in [0.2, 0.25) is 0 Å². The molecule has 21 heavy (non-hydrogen) atoms. The standard InChI is InChI=1S/C16H26F2O3/c1-4-10(2)14(19)21-16(3,15(17)18)20-9-13-8-11-5-6-12(13)7-11/h10-13,15H,4-9H2,1-3H3. The maximum absolute atomic E-state index is 13.3. The minimum Gasteiger partial charge on any atom is -0.427 e. The van der Waals surface area contributed by atoms with E-state index in [1.165, 1.54) is 26.2 Å². The van der Waals surface area contributed by atoms with Crippen LogP contribution >= 0.6 is 0 Å². The maximum Gasteiger partial charge on any atom is 0.311 e. The van der Waals surface area contributed by atoms with Gasteiger partial charge in [0.05, 0.1) is 12.5 Å². The van der Waals surface area contributed by atoms with Crippen LogP contribution in [0.3, 0.4) is 0 Å². The van der Waals surface area contributed by atoms with Crippen molar-refractivity contribution in [1.82, 2.24) is 0 Å². The molecule has 2 aliphatic rings. The lowest BCUT2D eigenvalue weighted by molar-refractivity contribution is -0.278. The van der Waals surface area contributed by atoms with Gasteiger partial charge in [0.15, 0.2) is 0 Å². The third-order valence-electron chi connectivity index (χ3n) is 5.18. The zero-order valence-electron chi connectivity index (χ0n) is 13.1. The zero-order chi connectivity index (χ0) is 15.6. The van der Waals surface area contributed by atoms with Crippen LogP contribution in [0.5, 0.6) is 0 Å². The molecule has 2 fully saturated rings. The summed E-state index contributed by atoms with van der Waals surface area (Å²) in [6.45, 7) is 4.92. The van der Waals surface area contributed by atoms with E-state index < -0.39 is 24.1 Å². The van der Waals surface area contributed by atoms with E-state index >= 15 is 0 Å². The smallest absolute Gasteiger partial charge is 0.311 e. The lowest BCUT2D eigenvalue weighted by atomic mass is 9.89. The number of esters is 1. The molecule has 0 heterocycles. The van der Waals surface area contributed by atoms with E-state index in [9.17, 15) is 13.6 Å². The van der Waals surface area contributed by atoms with E-state index in [0.29, 0.717) is 18.3 Å². The largest absolute Gasteiger partial charge is 0.427 e. The van der Waals surface area contributed by atoms with Crippen LogP contribution in [-0.2, 0) is 14.3 Å². The van der Waals surface area contributed by atoms with Crippen molar-refractivity contribution in [3.8, 4) is 0 Å². The summed E-state index contributed by atoms with van der Waals surface area (Å²) < 4.78 is 36.9. The van der Waals surface area contributed by atoms with Crippen LogP contribution in [0.2, 0.25) is 0 Å². The molecule has 2 aliphatic carbocycles. The van der Waals surface area contributed by atoms with Crippen molar-refractivity contribution in [2.24, 2.45) is 23.7 Å². The van der Waals surface area contributed by atoms with Crippen LogP contribution in [0.25, 0.3) is 0 Å². The lowest BCUT2D eigenvalue weighted by Crippen LogP contribution is -2.44. The fraction of sp³-hybridized carbons (Fsp3) is 0.938. The Balaban J connectivity index is 1.90. The first-order valence-electron chi connectivity index (χ1n) is 8.00. The summed E-state index contributed by atoms with van der Waals surface area (Å²) in [6.07, 6.45) is 2.41. The summed E-state index contributed by atoms with van der Waals surface area (Å²) in [7, 11) is 0. The number of carbonyl (C=O) groups excluding carboxylic acids is 1. The van der Waals surface area contributed by atoms with Crippen LogP contribution < -0.4 is 0 Å². The molecular weight excluding hydrogens is 278 g/mol. The highest BCUT2D eigenvalue weighted by Gasteiger charge is 2.45. The summed E-state index contributed by atoms with van der Waals surface area (Å²) >= 11 is 0.